The highest BCUT2D eigenvalue weighted by Crippen LogP contribution is 2.30. The fraction of sp³-hybridized carbons (Fsp3) is 0.364. The summed E-state index contributed by atoms with van der Waals surface area (Å²) < 4.78 is 25.6. The van der Waals surface area contributed by atoms with Crippen LogP contribution in [0.3, 0.4) is 0 Å². The molecule has 2 saturated heterocycles. The lowest BCUT2D eigenvalue weighted by molar-refractivity contribution is -0.136. The number of halogens is 1. The summed E-state index contributed by atoms with van der Waals surface area (Å²) in [6.07, 6.45) is 1.55. The van der Waals surface area contributed by atoms with Crippen LogP contribution in [0.25, 0.3) is 0 Å². The summed E-state index contributed by atoms with van der Waals surface area (Å²) in [7, 11) is -3.49. The molecular formula is C22H23ClN2O4S. The molecule has 0 radical (unpaired) electrons. The molecule has 0 N–H and O–H groups in total. The second kappa shape index (κ2) is 8.40. The first-order valence-corrected chi connectivity index (χ1v) is 12.0. The normalized spacial score (nSPS) is 22.0. The Bertz CT molecular complexity index is 1040. The van der Waals surface area contributed by atoms with Crippen molar-refractivity contribution in [2.45, 2.75) is 30.2 Å². The predicted octanol–water partition coefficient (Wildman–Crippen LogP) is 3.16. The lowest BCUT2D eigenvalue weighted by Gasteiger charge is -2.27. The first-order chi connectivity index (χ1) is 14.3. The van der Waals surface area contributed by atoms with E-state index in [1.165, 1.54) is 0 Å². The van der Waals surface area contributed by atoms with Crippen molar-refractivity contribution in [1.29, 1.82) is 0 Å². The molecule has 2 amide bonds. The number of carbonyl (C=O) groups excluding carboxylic acids is 2. The van der Waals surface area contributed by atoms with E-state index in [0.29, 0.717) is 30.2 Å². The maximum Gasteiger partial charge on any atom is 0.228 e. The molecule has 2 fully saturated rings. The first kappa shape index (κ1) is 20.9. The van der Waals surface area contributed by atoms with Gasteiger partial charge in [0.15, 0.2) is 9.84 Å². The minimum Gasteiger partial charge on any atom is -0.338 e. The molecule has 2 aliphatic rings. The van der Waals surface area contributed by atoms with E-state index in [4.69, 9.17) is 11.6 Å². The second-order valence-electron chi connectivity index (χ2n) is 7.80. The molecule has 6 nitrogen and oxygen atoms in total. The highest BCUT2D eigenvalue weighted by atomic mass is 35.5. The molecular weight excluding hydrogens is 424 g/mol. The van der Waals surface area contributed by atoms with Gasteiger partial charge in [-0.3, -0.25) is 9.59 Å². The molecule has 0 aromatic heterocycles. The number of rotatable bonds is 5. The van der Waals surface area contributed by atoms with Gasteiger partial charge in [0.2, 0.25) is 11.8 Å². The van der Waals surface area contributed by atoms with Crippen LogP contribution in [0, 0.1) is 5.92 Å². The standard InChI is InChI=1S/C22H23ClN2O4S/c23-17-8-10-18(11-9-17)25-14-16(13-21(25)26)22(27)24-12-4-5-19(24)15-30(28,29)20-6-2-1-3-7-20/h1-3,6-11,16,19H,4-5,12-15H2. The van der Waals surface area contributed by atoms with Crippen molar-refractivity contribution in [2.75, 3.05) is 23.7 Å². The van der Waals surface area contributed by atoms with Gasteiger partial charge in [-0.25, -0.2) is 8.42 Å². The Morgan fingerprint density at radius 2 is 1.77 bits per heavy atom. The molecule has 2 aliphatic heterocycles. The van der Waals surface area contributed by atoms with Crippen molar-refractivity contribution >= 4 is 38.9 Å². The highest BCUT2D eigenvalue weighted by molar-refractivity contribution is 7.91. The Morgan fingerprint density at radius 3 is 2.47 bits per heavy atom. The molecule has 158 valence electrons. The first-order valence-electron chi connectivity index (χ1n) is 9.99. The van der Waals surface area contributed by atoms with E-state index in [1.807, 2.05) is 0 Å². The largest absolute Gasteiger partial charge is 0.338 e. The molecule has 0 aliphatic carbocycles. The highest BCUT2D eigenvalue weighted by Gasteiger charge is 2.41. The van der Waals surface area contributed by atoms with Crippen molar-refractivity contribution < 1.29 is 18.0 Å². The predicted molar refractivity (Wildman–Crippen MR) is 115 cm³/mol. The molecule has 2 atom stereocenters. The summed E-state index contributed by atoms with van der Waals surface area (Å²) in [4.78, 5) is 29.2. The van der Waals surface area contributed by atoms with Crippen molar-refractivity contribution in [2.24, 2.45) is 5.92 Å². The van der Waals surface area contributed by atoms with Gasteiger partial charge < -0.3 is 9.80 Å². The summed E-state index contributed by atoms with van der Waals surface area (Å²) in [6, 6.07) is 14.9. The molecule has 0 bridgehead atoms. The van der Waals surface area contributed by atoms with E-state index < -0.39 is 15.8 Å². The van der Waals surface area contributed by atoms with Crippen molar-refractivity contribution in [3.63, 3.8) is 0 Å². The zero-order valence-electron chi connectivity index (χ0n) is 16.4. The van der Waals surface area contributed by atoms with Crippen LogP contribution in [0.2, 0.25) is 5.02 Å². The van der Waals surface area contributed by atoms with E-state index in [0.717, 1.165) is 6.42 Å². The molecule has 8 heteroatoms. The minimum absolute atomic E-state index is 0.0929. The quantitative estimate of drug-likeness (QED) is 0.707. The van der Waals surface area contributed by atoms with Gasteiger partial charge >= 0.3 is 0 Å². The van der Waals surface area contributed by atoms with Gasteiger partial charge in [0.1, 0.15) is 0 Å². The zero-order chi connectivity index (χ0) is 21.3. The van der Waals surface area contributed by atoms with E-state index in [9.17, 15) is 18.0 Å². The molecule has 4 rings (SSSR count). The lowest BCUT2D eigenvalue weighted by atomic mass is 10.1. The average Bonchev–Trinajstić information content (AvgIpc) is 3.35. The number of likely N-dealkylation sites (tertiary alicyclic amines) is 1. The summed E-state index contributed by atoms with van der Waals surface area (Å²) in [5, 5.41) is 0.581. The Labute approximate surface area is 181 Å². The number of anilines is 1. The van der Waals surface area contributed by atoms with Crippen LogP contribution in [0.4, 0.5) is 5.69 Å². The fourth-order valence-electron chi connectivity index (χ4n) is 4.25. The van der Waals surface area contributed by atoms with Crippen molar-refractivity contribution in [3.8, 4) is 0 Å². The number of sulfone groups is 1. The maximum absolute atomic E-state index is 13.2. The number of hydrogen-bond acceptors (Lipinski definition) is 4. The van der Waals surface area contributed by atoms with Crippen LogP contribution in [0.1, 0.15) is 19.3 Å². The monoisotopic (exact) mass is 446 g/mol. The number of nitrogens with zero attached hydrogens (tertiary/aromatic N) is 2. The maximum atomic E-state index is 13.2. The molecule has 0 saturated carbocycles. The van der Waals surface area contributed by atoms with Gasteiger partial charge in [-0.05, 0) is 49.2 Å². The number of carbonyl (C=O) groups is 2. The number of hydrogen-bond donors (Lipinski definition) is 0. The van der Waals surface area contributed by atoms with Crippen LogP contribution in [-0.4, -0.2) is 50.0 Å². The molecule has 2 aromatic carbocycles. The zero-order valence-corrected chi connectivity index (χ0v) is 18.0. The van der Waals surface area contributed by atoms with Gasteiger partial charge in [0.05, 0.1) is 16.6 Å². The van der Waals surface area contributed by atoms with Gasteiger partial charge in [-0.1, -0.05) is 29.8 Å². The topological polar surface area (TPSA) is 74.8 Å². The Hall–Kier alpha value is -2.38. The summed E-state index contributed by atoms with van der Waals surface area (Å²) in [6.45, 7) is 0.827. The SMILES string of the molecule is O=C1CC(C(=O)N2CCCC2CS(=O)(=O)c2ccccc2)CN1c1ccc(Cl)cc1. The smallest absolute Gasteiger partial charge is 0.228 e. The Morgan fingerprint density at radius 1 is 1.07 bits per heavy atom. The molecule has 2 heterocycles. The van der Waals surface area contributed by atoms with Crippen LogP contribution in [-0.2, 0) is 19.4 Å². The molecule has 30 heavy (non-hydrogen) atoms. The minimum atomic E-state index is -3.49. The second-order valence-corrected chi connectivity index (χ2v) is 10.3. The number of amides is 2. The Kier molecular flexibility index (Phi) is 5.84. The van der Waals surface area contributed by atoms with Crippen LogP contribution in [0.15, 0.2) is 59.5 Å². The van der Waals surface area contributed by atoms with Gasteiger partial charge in [0, 0.05) is 36.3 Å². The van der Waals surface area contributed by atoms with Gasteiger partial charge in [-0.2, -0.15) is 0 Å². The summed E-state index contributed by atoms with van der Waals surface area (Å²) in [5.74, 6) is -0.799. The van der Waals surface area contributed by atoms with E-state index in [2.05, 4.69) is 0 Å². The van der Waals surface area contributed by atoms with Crippen LogP contribution >= 0.6 is 11.6 Å². The van der Waals surface area contributed by atoms with E-state index >= 15 is 0 Å². The van der Waals surface area contributed by atoms with Crippen LogP contribution < -0.4 is 4.90 Å². The Balaban J connectivity index is 1.46. The van der Waals surface area contributed by atoms with E-state index in [1.54, 1.807) is 64.4 Å². The van der Waals surface area contributed by atoms with Gasteiger partial charge in [-0.15, -0.1) is 0 Å². The summed E-state index contributed by atoms with van der Waals surface area (Å²) in [5.41, 5.74) is 0.712. The van der Waals surface area contributed by atoms with E-state index in [-0.39, 0.29) is 34.9 Å². The van der Waals surface area contributed by atoms with Crippen molar-refractivity contribution in [3.05, 3.63) is 59.6 Å². The number of benzene rings is 2. The third-order valence-electron chi connectivity index (χ3n) is 5.79. The van der Waals surface area contributed by atoms with Crippen LogP contribution in [0.5, 0.6) is 0 Å². The fourth-order valence-corrected chi connectivity index (χ4v) is 6.00. The molecule has 2 unspecified atom stereocenters. The van der Waals surface area contributed by atoms with Gasteiger partial charge in [0.25, 0.3) is 0 Å². The third-order valence-corrected chi connectivity index (χ3v) is 7.85. The van der Waals surface area contributed by atoms with Crippen molar-refractivity contribution in [1.82, 2.24) is 4.90 Å². The third kappa shape index (κ3) is 4.23. The average molecular weight is 447 g/mol. The lowest BCUT2D eigenvalue weighted by Crippen LogP contribution is -2.43. The summed E-state index contributed by atoms with van der Waals surface area (Å²) >= 11 is 5.92. The molecule has 2 aromatic rings. The molecule has 0 spiro atoms.